The topological polar surface area (TPSA) is 124 Å². The highest BCUT2D eigenvalue weighted by atomic mass is 32.1. The van der Waals surface area contributed by atoms with Gasteiger partial charge in [0.05, 0.1) is 11.3 Å². The smallest absolute Gasteiger partial charge is 0.273 e. The molecule has 0 aliphatic heterocycles. The lowest BCUT2D eigenvalue weighted by atomic mass is 10.1. The summed E-state index contributed by atoms with van der Waals surface area (Å²) in [5, 5.41) is 22.3. The van der Waals surface area contributed by atoms with E-state index >= 15 is 0 Å². The van der Waals surface area contributed by atoms with Crippen molar-refractivity contribution in [3.05, 3.63) is 45.0 Å². The minimum Gasteiger partial charge on any atom is -0.330 e. The number of hydrogen-bond donors (Lipinski definition) is 2. The summed E-state index contributed by atoms with van der Waals surface area (Å²) in [6, 6.07) is 6.13. The second-order valence-corrected chi connectivity index (χ2v) is 5.21. The van der Waals surface area contributed by atoms with Gasteiger partial charge in [0.15, 0.2) is 0 Å². The molecule has 1 aromatic heterocycles. The molecule has 9 heteroatoms. The number of benzene rings is 1. The highest BCUT2D eigenvalue weighted by molar-refractivity contribution is 7.15. The van der Waals surface area contributed by atoms with Crippen LogP contribution in [-0.2, 0) is 17.6 Å². The van der Waals surface area contributed by atoms with Gasteiger partial charge in [-0.15, -0.1) is 10.2 Å². The molecule has 3 N–H and O–H groups in total. The minimum absolute atomic E-state index is 0.0752. The molecule has 0 aliphatic carbocycles. The third-order valence-electron chi connectivity index (χ3n) is 2.61. The average Bonchev–Trinajstić information content (AvgIpc) is 2.86. The van der Waals surface area contributed by atoms with E-state index in [2.05, 4.69) is 15.5 Å². The Labute approximate surface area is 124 Å². The van der Waals surface area contributed by atoms with Crippen molar-refractivity contribution in [2.24, 2.45) is 5.73 Å². The Morgan fingerprint density at radius 2 is 2.14 bits per heavy atom. The largest absolute Gasteiger partial charge is 0.330 e. The molecule has 0 atom stereocenters. The third-order valence-corrected chi connectivity index (χ3v) is 3.51. The number of anilines is 1. The number of nitro groups is 1. The standard InChI is InChI=1S/C12H13N5O3S/c13-6-5-11-15-16-12(21-11)14-10(18)7-8-3-1-2-4-9(8)17(19)20/h1-4H,5-7,13H2,(H,14,16,18). The number of rotatable bonds is 6. The number of nitrogens with zero attached hydrogens (tertiary/aromatic N) is 3. The zero-order valence-electron chi connectivity index (χ0n) is 11.0. The molecule has 0 spiro atoms. The SMILES string of the molecule is NCCc1nnc(NC(=O)Cc2ccccc2[N+](=O)[O-])s1. The van der Waals surface area contributed by atoms with Crippen LogP contribution in [0.15, 0.2) is 24.3 Å². The van der Waals surface area contributed by atoms with Crippen molar-refractivity contribution in [1.82, 2.24) is 10.2 Å². The molecule has 0 unspecified atom stereocenters. The number of para-hydroxylation sites is 1. The van der Waals surface area contributed by atoms with Crippen molar-refractivity contribution < 1.29 is 9.72 Å². The summed E-state index contributed by atoms with van der Waals surface area (Å²) in [4.78, 5) is 22.3. The van der Waals surface area contributed by atoms with Gasteiger partial charge in [-0.1, -0.05) is 29.5 Å². The molecule has 110 valence electrons. The van der Waals surface area contributed by atoms with Gasteiger partial charge in [0, 0.05) is 18.1 Å². The average molecular weight is 307 g/mol. The van der Waals surface area contributed by atoms with Crippen LogP contribution < -0.4 is 11.1 Å². The fraction of sp³-hybridized carbons (Fsp3) is 0.250. The van der Waals surface area contributed by atoms with Crippen LogP contribution in [0.1, 0.15) is 10.6 Å². The van der Waals surface area contributed by atoms with E-state index < -0.39 is 4.92 Å². The first-order valence-corrected chi connectivity index (χ1v) is 6.96. The van der Waals surface area contributed by atoms with E-state index in [1.807, 2.05) is 0 Å². The van der Waals surface area contributed by atoms with Crippen molar-refractivity contribution in [1.29, 1.82) is 0 Å². The van der Waals surface area contributed by atoms with Crippen molar-refractivity contribution >= 4 is 28.1 Å². The van der Waals surface area contributed by atoms with Crippen LogP contribution in [0.2, 0.25) is 0 Å². The summed E-state index contributed by atoms with van der Waals surface area (Å²) in [5.41, 5.74) is 5.68. The molecule has 2 rings (SSSR count). The molecular formula is C12H13N5O3S. The first kappa shape index (κ1) is 15.0. The number of amides is 1. The van der Waals surface area contributed by atoms with Gasteiger partial charge in [0.25, 0.3) is 5.69 Å². The summed E-state index contributed by atoms with van der Waals surface area (Å²) in [5.74, 6) is -0.375. The molecule has 8 nitrogen and oxygen atoms in total. The molecule has 0 saturated carbocycles. The second-order valence-electron chi connectivity index (χ2n) is 4.15. The van der Waals surface area contributed by atoms with E-state index in [9.17, 15) is 14.9 Å². The van der Waals surface area contributed by atoms with Gasteiger partial charge in [-0.25, -0.2) is 0 Å². The Bertz CT molecular complexity index is 658. The first-order valence-electron chi connectivity index (χ1n) is 6.14. The number of nitrogens with two attached hydrogens (primary N) is 1. The van der Waals surface area contributed by atoms with Crippen LogP contribution in [0.25, 0.3) is 0 Å². The molecule has 0 bridgehead atoms. The van der Waals surface area contributed by atoms with Gasteiger partial charge in [-0.3, -0.25) is 14.9 Å². The summed E-state index contributed by atoms with van der Waals surface area (Å²) in [6.45, 7) is 0.457. The van der Waals surface area contributed by atoms with Crippen molar-refractivity contribution in [2.75, 3.05) is 11.9 Å². The van der Waals surface area contributed by atoms with Gasteiger partial charge in [-0.2, -0.15) is 0 Å². The maximum atomic E-state index is 11.9. The van der Waals surface area contributed by atoms with Gasteiger partial charge < -0.3 is 11.1 Å². The molecule has 1 heterocycles. The number of carbonyl (C=O) groups excluding carboxylic acids is 1. The molecule has 0 saturated heterocycles. The summed E-state index contributed by atoms with van der Waals surface area (Å²) < 4.78 is 0. The number of aromatic nitrogens is 2. The van der Waals surface area contributed by atoms with E-state index in [0.717, 1.165) is 5.01 Å². The van der Waals surface area contributed by atoms with Crippen molar-refractivity contribution in [2.45, 2.75) is 12.8 Å². The fourth-order valence-electron chi connectivity index (χ4n) is 1.70. The van der Waals surface area contributed by atoms with Crippen LogP contribution in [0.3, 0.4) is 0 Å². The Morgan fingerprint density at radius 1 is 1.38 bits per heavy atom. The van der Waals surface area contributed by atoms with Crippen LogP contribution in [0.5, 0.6) is 0 Å². The lowest BCUT2D eigenvalue weighted by molar-refractivity contribution is -0.385. The Kier molecular flexibility index (Phi) is 4.90. The fourth-order valence-corrected chi connectivity index (χ4v) is 2.47. The zero-order chi connectivity index (χ0) is 15.2. The minimum atomic E-state index is -0.507. The van der Waals surface area contributed by atoms with E-state index in [0.29, 0.717) is 23.7 Å². The van der Waals surface area contributed by atoms with Crippen LogP contribution in [0.4, 0.5) is 10.8 Å². The third kappa shape index (κ3) is 4.04. The zero-order valence-corrected chi connectivity index (χ0v) is 11.8. The van der Waals surface area contributed by atoms with Crippen LogP contribution >= 0.6 is 11.3 Å². The maximum absolute atomic E-state index is 11.9. The van der Waals surface area contributed by atoms with Crippen molar-refractivity contribution in [3.63, 3.8) is 0 Å². The summed E-state index contributed by atoms with van der Waals surface area (Å²) >= 11 is 1.24. The van der Waals surface area contributed by atoms with Crippen LogP contribution in [0, 0.1) is 10.1 Å². The van der Waals surface area contributed by atoms with Crippen molar-refractivity contribution in [3.8, 4) is 0 Å². The lowest BCUT2D eigenvalue weighted by Gasteiger charge is -2.02. The monoisotopic (exact) mass is 307 g/mol. The Balaban J connectivity index is 2.03. The molecule has 1 amide bonds. The Morgan fingerprint density at radius 3 is 2.86 bits per heavy atom. The highest BCUT2D eigenvalue weighted by Crippen LogP contribution is 2.20. The summed E-state index contributed by atoms with van der Waals surface area (Å²) in [7, 11) is 0. The molecule has 0 fully saturated rings. The molecule has 21 heavy (non-hydrogen) atoms. The maximum Gasteiger partial charge on any atom is 0.273 e. The Hall–Kier alpha value is -2.39. The van der Waals surface area contributed by atoms with E-state index in [-0.39, 0.29) is 18.0 Å². The van der Waals surface area contributed by atoms with Gasteiger partial charge >= 0.3 is 0 Å². The number of carbonyl (C=O) groups is 1. The lowest BCUT2D eigenvalue weighted by Crippen LogP contribution is -2.15. The van der Waals surface area contributed by atoms with E-state index in [1.165, 1.54) is 17.4 Å². The van der Waals surface area contributed by atoms with E-state index in [1.54, 1.807) is 18.2 Å². The quantitative estimate of drug-likeness (QED) is 0.609. The predicted molar refractivity (Wildman–Crippen MR) is 78.1 cm³/mol. The molecule has 1 aromatic carbocycles. The van der Waals surface area contributed by atoms with E-state index in [4.69, 9.17) is 5.73 Å². The van der Waals surface area contributed by atoms with Crippen LogP contribution in [-0.4, -0.2) is 27.6 Å². The van der Waals surface area contributed by atoms with Gasteiger partial charge in [-0.05, 0) is 6.54 Å². The molecule has 0 aliphatic rings. The number of nitro benzene ring substituents is 1. The highest BCUT2D eigenvalue weighted by Gasteiger charge is 2.16. The number of nitrogens with one attached hydrogen (secondary N) is 1. The molecule has 0 radical (unpaired) electrons. The predicted octanol–water partition coefficient (Wildman–Crippen LogP) is 1.13. The number of hydrogen-bond acceptors (Lipinski definition) is 7. The van der Waals surface area contributed by atoms with Gasteiger partial charge in [0.1, 0.15) is 5.01 Å². The van der Waals surface area contributed by atoms with Gasteiger partial charge in [0.2, 0.25) is 11.0 Å². The summed E-state index contributed by atoms with van der Waals surface area (Å²) in [6.07, 6.45) is 0.501. The first-order chi connectivity index (χ1) is 10.1. The molecular weight excluding hydrogens is 294 g/mol. The normalized spacial score (nSPS) is 10.3. The second kappa shape index (κ2) is 6.86. The molecule has 2 aromatic rings.